The smallest absolute Gasteiger partial charge is 0.194 e. The van der Waals surface area contributed by atoms with Gasteiger partial charge in [-0.15, -0.1) is 0 Å². The van der Waals surface area contributed by atoms with Crippen molar-refractivity contribution in [1.29, 1.82) is 0 Å². The molecular weight excluding hydrogens is 294 g/mol. The van der Waals surface area contributed by atoms with E-state index in [1.807, 2.05) is 30.0 Å². The maximum atomic E-state index is 5.43. The summed E-state index contributed by atoms with van der Waals surface area (Å²) in [5.41, 5.74) is 1.15. The molecule has 0 amide bonds. The molecule has 0 spiro atoms. The van der Waals surface area contributed by atoms with E-state index >= 15 is 0 Å². The van der Waals surface area contributed by atoms with Crippen LogP contribution in [0.2, 0.25) is 0 Å². The molecule has 1 N–H and O–H groups in total. The molecule has 0 saturated carbocycles. The van der Waals surface area contributed by atoms with E-state index in [1.54, 1.807) is 7.11 Å². The molecule has 0 fully saturated rings. The number of methoxy groups -OCH3 is 1. The third-order valence-electron chi connectivity index (χ3n) is 3.46. The van der Waals surface area contributed by atoms with Crippen molar-refractivity contribution in [3.05, 3.63) is 29.8 Å². The van der Waals surface area contributed by atoms with Crippen LogP contribution in [0.4, 0.5) is 0 Å². The van der Waals surface area contributed by atoms with Crippen LogP contribution in [0.1, 0.15) is 26.3 Å². The highest BCUT2D eigenvalue weighted by Crippen LogP contribution is 2.22. The second-order valence-corrected chi connectivity index (χ2v) is 7.32. The van der Waals surface area contributed by atoms with Crippen LogP contribution in [0.5, 0.6) is 5.75 Å². The predicted molar refractivity (Wildman–Crippen MR) is 98.0 cm³/mol. The standard InChI is InChI=1S/C17H29N3OS/c1-7-18-16(19-13-17(2,3)22-6)20(4)12-14-10-8-9-11-15(14)21-5/h8-11H,7,12-13H2,1-6H3,(H,18,19). The second-order valence-electron chi connectivity index (χ2n) is 5.80. The normalized spacial score (nSPS) is 12.2. The van der Waals surface area contributed by atoms with Crippen LogP contribution < -0.4 is 10.1 Å². The molecule has 124 valence electrons. The third-order valence-corrected chi connectivity index (χ3v) is 4.69. The molecule has 0 heterocycles. The van der Waals surface area contributed by atoms with Crippen molar-refractivity contribution >= 4 is 17.7 Å². The first-order valence-electron chi connectivity index (χ1n) is 7.60. The number of para-hydroxylation sites is 1. The summed E-state index contributed by atoms with van der Waals surface area (Å²) in [6.45, 7) is 8.92. The van der Waals surface area contributed by atoms with Crippen LogP contribution in [0.25, 0.3) is 0 Å². The molecule has 0 atom stereocenters. The first-order valence-corrected chi connectivity index (χ1v) is 8.82. The van der Waals surface area contributed by atoms with Gasteiger partial charge in [-0.3, -0.25) is 4.99 Å². The molecule has 0 radical (unpaired) electrons. The molecule has 0 unspecified atom stereocenters. The summed E-state index contributed by atoms with van der Waals surface area (Å²) in [6.07, 6.45) is 2.13. The first-order chi connectivity index (χ1) is 10.4. The lowest BCUT2D eigenvalue weighted by Gasteiger charge is -2.25. The van der Waals surface area contributed by atoms with Crippen LogP contribution in [0, 0.1) is 0 Å². The largest absolute Gasteiger partial charge is 0.496 e. The van der Waals surface area contributed by atoms with Gasteiger partial charge in [0.25, 0.3) is 0 Å². The summed E-state index contributed by atoms with van der Waals surface area (Å²) in [4.78, 5) is 6.91. The summed E-state index contributed by atoms with van der Waals surface area (Å²) >= 11 is 1.84. The maximum absolute atomic E-state index is 5.43. The summed E-state index contributed by atoms with van der Waals surface area (Å²) in [5, 5.41) is 3.36. The van der Waals surface area contributed by atoms with E-state index in [-0.39, 0.29) is 4.75 Å². The zero-order valence-corrected chi connectivity index (χ0v) is 15.5. The summed E-state index contributed by atoms with van der Waals surface area (Å²) < 4.78 is 5.57. The van der Waals surface area contributed by atoms with Crippen LogP contribution in [0.15, 0.2) is 29.3 Å². The van der Waals surface area contributed by atoms with E-state index < -0.39 is 0 Å². The maximum Gasteiger partial charge on any atom is 0.194 e. The van der Waals surface area contributed by atoms with Gasteiger partial charge in [-0.25, -0.2) is 0 Å². The molecule has 0 aliphatic heterocycles. The molecule has 0 aliphatic rings. The predicted octanol–water partition coefficient (Wildman–Crippen LogP) is 3.23. The lowest BCUT2D eigenvalue weighted by Crippen LogP contribution is -2.39. The summed E-state index contributed by atoms with van der Waals surface area (Å²) in [7, 11) is 3.76. The summed E-state index contributed by atoms with van der Waals surface area (Å²) in [6, 6.07) is 8.10. The zero-order chi connectivity index (χ0) is 16.6. The molecule has 4 nitrogen and oxygen atoms in total. The van der Waals surface area contributed by atoms with Crippen molar-refractivity contribution < 1.29 is 4.74 Å². The van der Waals surface area contributed by atoms with Crippen molar-refractivity contribution in [2.75, 3.05) is 33.5 Å². The van der Waals surface area contributed by atoms with E-state index in [1.165, 1.54) is 0 Å². The average molecular weight is 324 g/mol. The van der Waals surface area contributed by atoms with Crippen molar-refractivity contribution in [2.45, 2.75) is 32.1 Å². The Morgan fingerprint density at radius 1 is 1.36 bits per heavy atom. The fraction of sp³-hybridized carbons (Fsp3) is 0.588. The average Bonchev–Trinajstić information content (AvgIpc) is 2.51. The number of hydrogen-bond acceptors (Lipinski definition) is 3. The molecule has 0 bridgehead atoms. The molecule has 1 aromatic carbocycles. The zero-order valence-electron chi connectivity index (χ0n) is 14.6. The molecular formula is C17H29N3OS. The highest BCUT2D eigenvalue weighted by Gasteiger charge is 2.16. The number of nitrogens with one attached hydrogen (secondary N) is 1. The fourth-order valence-electron chi connectivity index (χ4n) is 1.96. The van der Waals surface area contributed by atoms with Gasteiger partial charge in [0.15, 0.2) is 5.96 Å². The minimum Gasteiger partial charge on any atom is -0.496 e. The van der Waals surface area contributed by atoms with E-state index in [4.69, 9.17) is 9.73 Å². The van der Waals surface area contributed by atoms with E-state index in [0.29, 0.717) is 0 Å². The molecule has 5 heteroatoms. The van der Waals surface area contributed by atoms with Crippen LogP contribution >= 0.6 is 11.8 Å². The minimum atomic E-state index is 0.145. The molecule has 22 heavy (non-hydrogen) atoms. The Bertz CT molecular complexity index is 489. The third kappa shape index (κ3) is 5.79. The van der Waals surface area contributed by atoms with Crippen LogP contribution in [-0.4, -0.2) is 49.1 Å². The van der Waals surface area contributed by atoms with Gasteiger partial charge in [-0.05, 0) is 33.1 Å². The Morgan fingerprint density at radius 2 is 2.05 bits per heavy atom. The SMILES string of the molecule is CCNC(=NCC(C)(C)SC)N(C)Cc1ccccc1OC. The number of rotatable bonds is 7. The summed E-state index contributed by atoms with van der Waals surface area (Å²) in [5.74, 6) is 1.84. The Balaban J connectivity index is 2.84. The Hall–Kier alpha value is -1.36. The molecule has 1 rings (SSSR count). The van der Waals surface area contributed by atoms with Gasteiger partial charge in [0.2, 0.25) is 0 Å². The van der Waals surface area contributed by atoms with E-state index in [0.717, 1.165) is 36.9 Å². The monoisotopic (exact) mass is 323 g/mol. The number of aliphatic imine (C=N–C) groups is 1. The number of guanidine groups is 1. The van der Waals surface area contributed by atoms with Gasteiger partial charge in [0.05, 0.1) is 13.7 Å². The van der Waals surface area contributed by atoms with Crippen LogP contribution in [0.3, 0.4) is 0 Å². The lowest BCUT2D eigenvalue weighted by molar-refractivity contribution is 0.396. The van der Waals surface area contributed by atoms with Crippen molar-refractivity contribution in [2.24, 2.45) is 4.99 Å². The molecule has 0 saturated heterocycles. The Kier molecular flexibility index (Phi) is 7.59. The van der Waals surface area contributed by atoms with Gasteiger partial charge in [0.1, 0.15) is 5.75 Å². The Morgan fingerprint density at radius 3 is 2.64 bits per heavy atom. The van der Waals surface area contributed by atoms with Gasteiger partial charge >= 0.3 is 0 Å². The number of thioether (sulfide) groups is 1. The highest BCUT2D eigenvalue weighted by atomic mass is 32.2. The fourth-order valence-corrected chi connectivity index (χ4v) is 2.16. The number of benzene rings is 1. The second kappa shape index (κ2) is 8.93. The number of nitrogens with zero attached hydrogens (tertiary/aromatic N) is 2. The minimum absolute atomic E-state index is 0.145. The topological polar surface area (TPSA) is 36.9 Å². The highest BCUT2D eigenvalue weighted by molar-refractivity contribution is 7.99. The van der Waals surface area contributed by atoms with Gasteiger partial charge in [-0.1, -0.05) is 18.2 Å². The number of hydrogen-bond donors (Lipinski definition) is 1. The Labute approximate surface area is 139 Å². The molecule has 1 aromatic rings. The van der Waals surface area contributed by atoms with E-state index in [2.05, 4.69) is 50.4 Å². The first kappa shape index (κ1) is 18.7. The van der Waals surface area contributed by atoms with Gasteiger partial charge in [0, 0.05) is 30.4 Å². The molecule has 0 aliphatic carbocycles. The van der Waals surface area contributed by atoms with Crippen molar-refractivity contribution in [3.8, 4) is 5.75 Å². The van der Waals surface area contributed by atoms with Gasteiger partial charge < -0.3 is 15.0 Å². The van der Waals surface area contributed by atoms with Crippen LogP contribution in [-0.2, 0) is 6.54 Å². The quantitative estimate of drug-likeness (QED) is 0.617. The lowest BCUT2D eigenvalue weighted by atomic mass is 10.2. The van der Waals surface area contributed by atoms with Crippen molar-refractivity contribution in [3.63, 3.8) is 0 Å². The van der Waals surface area contributed by atoms with Gasteiger partial charge in [-0.2, -0.15) is 11.8 Å². The molecule has 0 aromatic heterocycles. The van der Waals surface area contributed by atoms with E-state index in [9.17, 15) is 0 Å². The number of ether oxygens (including phenoxy) is 1. The van der Waals surface area contributed by atoms with Crippen molar-refractivity contribution in [1.82, 2.24) is 10.2 Å².